The first kappa shape index (κ1) is 13.9. The normalized spacial score (nSPS) is 11.2. The molecular weight excluding hydrogens is 275 g/mol. The van der Waals surface area contributed by atoms with E-state index < -0.39 is 11.9 Å². The second kappa shape index (κ2) is 5.24. The third-order valence-electron chi connectivity index (χ3n) is 2.33. The molecule has 2 N–H and O–H groups in total. The summed E-state index contributed by atoms with van der Waals surface area (Å²) < 4.78 is 47.3. The van der Waals surface area contributed by atoms with Gasteiger partial charge in [0.05, 0.1) is 7.11 Å². The van der Waals surface area contributed by atoms with E-state index in [1.54, 1.807) is 6.07 Å². The molecule has 0 spiro atoms. The van der Waals surface area contributed by atoms with Gasteiger partial charge in [0.25, 0.3) is 0 Å². The van der Waals surface area contributed by atoms with Crippen molar-refractivity contribution < 1.29 is 22.6 Å². The van der Waals surface area contributed by atoms with E-state index in [-0.39, 0.29) is 11.6 Å². The van der Waals surface area contributed by atoms with Crippen LogP contribution in [0.4, 0.5) is 18.9 Å². The minimum atomic E-state index is -4.54. The van der Waals surface area contributed by atoms with Crippen molar-refractivity contribution in [3.8, 4) is 17.4 Å². The average Bonchev–Trinajstić information content (AvgIpc) is 2.40. The zero-order chi connectivity index (χ0) is 14.8. The van der Waals surface area contributed by atoms with Gasteiger partial charge in [0.1, 0.15) is 0 Å². The molecule has 0 saturated heterocycles. The molecule has 5 nitrogen and oxygen atoms in total. The third kappa shape index (κ3) is 3.08. The summed E-state index contributed by atoms with van der Waals surface area (Å²) in [6.07, 6.45) is -4.54. The van der Waals surface area contributed by atoms with Gasteiger partial charge in [-0.3, -0.25) is 0 Å². The van der Waals surface area contributed by atoms with Crippen LogP contribution in [0.5, 0.6) is 17.4 Å². The molecule has 1 aromatic carbocycles. The molecule has 2 aromatic rings. The second-order valence-electron chi connectivity index (χ2n) is 3.77. The molecular formula is C12H10F3N3O2. The van der Waals surface area contributed by atoms with Gasteiger partial charge in [0.15, 0.2) is 17.2 Å². The van der Waals surface area contributed by atoms with Gasteiger partial charge in [-0.2, -0.15) is 13.2 Å². The highest BCUT2D eigenvalue weighted by atomic mass is 19.4. The summed E-state index contributed by atoms with van der Waals surface area (Å²) in [7, 11) is 1.42. The van der Waals surface area contributed by atoms with Gasteiger partial charge in [0.2, 0.25) is 5.88 Å². The number of nitrogens with two attached hydrogens (primary N) is 1. The minimum Gasteiger partial charge on any atom is -0.493 e. The van der Waals surface area contributed by atoms with Crippen molar-refractivity contribution in [3.63, 3.8) is 0 Å². The Hall–Kier alpha value is -2.51. The molecule has 1 aromatic heterocycles. The maximum atomic E-state index is 12.3. The van der Waals surface area contributed by atoms with Crippen LogP contribution in [0.15, 0.2) is 30.3 Å². The fraction of sp³-hybridized carbons (Fsp3) is 0.167. The number of nitrogen functional groups attached to an aromatic ring is 1. The SMILES string of the molecule is COc1cc(N)ccc1Oc1ccc(C(F)(F)F)nn1. The van der Waals surface area contributed by atoms with Gasteiger partial charge >= 0.3 is 6.18 Å². The summed E-state index contributed by atoms with van der Waals surface area (Å²) in [5.74, 6) is 0.531. The smallest absolute Gasteiger partial charge is 0.435 e. The first-order chi connectivity index (χ1) is 9.40. The molecule has 1 heterocycles. The van der Waals surface area contributed by atoms with Crippen molar-refractivity contribution in [1.29, 1.82) is 0 Å². The van der Waals surface area contributed by atoms with Crippen molar-refractivity contribution in [2.75, 3.05) is 12.8 Å². The molecule has 0 fully saturated rings. The van der Waals surface area contributed by atoms with E-state index in [0.29, 0.717) is 11.4 Å². The zero-order valence-corrected chi connectivity index (χ0v) is 10.3. The van der Waals surface area contributed by atoms with Gasteiger partial charge in [-0.1, -0.05) is 0 Å². The molecule has 0 aliphatic rings. The predicted octanol–water partition coefficient (Wildman–Crippen LogP) is 2.88. The van der Waals surface area contributed by atoms with Crippen LogP contribution in [0.3, 0.4) is 0 Å². The number of ether oxygens (including phenoxy) is 2. The van der Waals surface area contributed by atoms with Gasteiger partial charge in [0, 0.05) is 17.8 Å². The Labute approximate surface area is 112 Å². The van der Waals surface area contributed by atoms with Gasteiger partial charge in [-0.25, -0.2) is 0 Å². The van der Waals surface area contributed by atoms with Crippen molar-refractivity contribution in [2.45, 2.75) is 6.18 Å². The number of anilines is 1. The Morgan fingerprint density at radius 2 is 1.80 bits per heavy atom. The van der Waals surface area contributed by atoms with Crippen LogP contribution in [0.2, 0.25) is 0 Å². The minimum absolute atomic E-state index is 0.0823. The van der Waals surface area contributed by atoms with Gasteiger partial charge < -0.3 is 15.2 Å². The van der Waals surface area contributed by atoms with E-state index in [9.17, 15) is 13.2 Å². The van der Waals surface area contributed by atoms with E-state index in [0.717, 1.165) is 12.1 Å². The van der Waals surface area contributed by atoms with E-state index >= 15 is 0 Å². The van der Waals surface area contributed by atoms with Crippen LogP contribution in [0, 0.1) is 0 Å². The fourth-order valence-electron chi connectivity index (χ4n) is 1.41. The number of methoxy groups -OCH3 is 1. The first-order valence-electron chi connectivity index (χ1n) is 5.42. The Balaban J connectivity index is 2.22. The first-order valence-corrected chi connectivity index (χ1v) is 5.42. The highest BCUT2D eigenvalue weighted by Crippen LogP contribution is 2.33. The lowest BCUT2D eigenvalue weighted by atomic mass is 10.3. The summed E-state index contributed by atoms with van der Waals surface area (Å²) in [6, 6.07) is 6.47. The van der Waals surface area contributed by atoms with E-state index in [1.807, 2.05) is 0 Å². The molecule has 0 aliphatic carbocycles. The Bertz CT molecular complexity index is 600. The molecule has 2 rings (SSSR count). The molecule has 8 heteroatoms. The summed E-state index contributed by atoms with van der Waals surface area (Å²) in [6.45, 7) is 0. The van der Waals surface area contributed by atoms with Crippen LogP contribution in [0.25, 0.3) is 0 Å². The van der Waals surface area contributed by atoms with Gasteiger partial charge in [-0.15, -0.1) is 10.2 Å². The van der Waals surface area contributed by atoms with Crippen LogP contribution < -0.4 is 15.2 Å². The maximum Gasteiger partial charge on any atom is 0.435 e. The lowest BCUT2D eigenvalue weighted by molar-refractivity contribution is -0.141. The van der Waals surface area contributed by atoms with Crippen LogP contribution >= 0.6 is 0 Å². The maximum absolute atomic E-state index is 12.3. The lowest BCUT2D eigenvalue weighted by Crippen LogP contribution is -2.08. The largest absolute Gasteiger partial charge is 0.493 e. The number of halogens is 3. The van der Waals surface area contributed by atoms with Crippen LogP contribution in [-0.2, 0) is 6.18 Å². The average molecular weight is 285 g/mol. The number of benzene rings is 1. The monoisotopic (exact) mass is 285 g/mol. The van der Waals surface area contributed by atoms with E-state index in [1.165, 1.54) is 19.2 Å². The molecule has 106 valence electrons. The number of hydrogen-bond acceptors (Lipinski definition) is 5. The Morgan fingerprint density at radius 1 is 1.05 bits per heavy atom. The Morgan fingerprint density at radius 3 is 2.35 bits per heavy atom. The number of rotatable bonds is 3. The molecule has 0 amide bonds. The molecule has 0 saturated carbocycles. The molecule has 0 bridgehead atoms. The molecule has 0 radical (unpaired) electrons. The van der Waals surface area contributed by atoms with Crippen LogP contribution in [-0.4, -0.2) is 17.3 Å². The Kier molecular flexibility index (Phi) is 3.64. The van der Waals surface area contributed by atoms with Gasteiger partial charge in [-0.05, 0) is 18.2 Å². The summed E-state index contributed by atoms with van der Waals surface area (Å²) >= 11 is 0. The summed E-state index contributed by atoms with van der Waals surface area (Å²) in [5.41, 5.74) is 4.95. The molecule has 20 heavy (non-hydrogen) atoms. The third-order valence-corrected chi connectivity index (χ3v) is 2.33. The molecule has 0 atom stereocenters. The number of hydrogen-bond donors (Lipinski definition) is 1. The number of aromatic nitrogens is 2. The van der Waals surface area contributed by atoms with Crippen molar-refractivity contribution >= 4 is 5.69 Å². The predicted molar refractivity (Wildman–Crippen MR) is 64.5 cm³/mol. The summed E-state index contributed by atoms with van der Waals surface area (Å²) in [5, 5.41) is 6.41. The highest BCUT2D eigenvalue weighted by molar-refractivity contribution is 5.52. The number of nitrogens with zero attached hydrogens (tertiary/aromatic N) is 2. The number of alkyl halides is 3. The fourth-order valence-corrected chi connectivity index (χ4v) is 1.41. The highest BCUT2D eigenvalue weighted by Gasteiger charge is 2.33. The standard InChI is InChI=1S/C12H10F3N3O2/c1-19-9-6-7(16)2-3-8(9)20-11-5-4-10(17-18-11)12(13,14)15/h2-6H,16H2,1H3. The summed E-state index contributed by atoms with van der Waals surface area (Å²) in [4.78, 5) is 0. The molecule has 0 aliphatic heterocycles. The van der Waals surface area contributed by atoms with Crippen molar-refractivity contribution in [2.24, 2.45) is 0 Å². The quantitative estimate of drug-likeness (QED) is 0.878. The second-order valence-corrected chi connectivity index (χ2v) is 3.77. The zero-order valence-electron chi connectivity index (χ0n) is 10.3. The van der Waals surface area contributed by atoms with Crippen LogP contribution in [0.1, 0.15) is 5.69 Å². The van der Waals surface area contributed by atoms with E-state index in [4.69, 9.17) is 15.2 Å². The molecule has 0 unspecified atom stereocenters. The lowest BCUT2D eigenvalue weighted by Gasteiger charge is -2.10. The van der Waals surface area contributed by atoms with E-state index in [2.05, 4.69) is 10.2 Å². The van der Waals surface area contributed by atoms with Crippen molar-refractivity contribution in [3.05, 3.63) is 36.0 Å². The topological polar surface area (TPSA) is 70.3 Å². The van der Waals surface area contributed by atoms with Crippen molar-refractivity contribution in [1.82, 2.24) is 10.2 Å².